The van der Waals surface area contributed by atoms with Crippen molar-refractivity contribution in [3.63, 3.8) is 0 Å². The highest BCUT2D eigenvalue weighted by Crippen LogP contribution is 2.34. The standard InChI is InChI=1S/C17H21N3/c1-2-14-10-19-11-15-6-9-20(16(3-1)17(14)15)12-13-4-7-18-8-5-13/h1-3,10-11,13,18H,4-9,12H2. The van der Waals surface area contributed by atoms with Gasteiger partial charge in [0, 0.05) is 41.9 Å². The Morgan fingerprint density at radius 2 is 2.10 bits per heavy atom. The van der Waals surface area contributed by atoms with Crippen molar-refractivity contribution in [1.82, 2.24) is 10.3 Å². The number of hydrogen-bond acceptors (Lipinski definition) is 3. The number of nitrogens with one attached hydrogen (secondary N) is 1. The molecule has 1 aromatic carbocycles. The molecule has 0 aliphatic carbocycles. The van der Waals surface area contributed by atoms with Crippen LogP contribution < -0.4 is 10.2 Å². The van der Waals surface area contributed by atoms with Crippen LogP contribution in [0.4, 0.5) is 5.69 Å². The minimum absolute atomic E-state index is 0.842. The summed E-state index contributed by atoms with van der Waals surface area (Å²) in [7, 11) is 0. The van der Waals surface area contributed by atoms with E-state index >= 15 is 0 Å². The predicted molar refractivity (Wildman–Crippen MR) is 83.3 cm³/mol. The molecule has 0 amide bonds. The number of piperidine rings is 1. The van der Waals surface area contributed by atoms with Gasteiger partial charge in [-0.15, -0.1) is 0 Å². The summed E-state index contributed by atoms with van der Waals surface area (Å²) in [5.41, 5.74) is 2.84. The van der Waals surface area contributed by atoms with E-state index in [2.05, 4.69) is 33.4 Å². The largest absolute Gasteiger partial charge is 0.370 e. The lowest BCUT2D eigenvalue weighted by Gasteiger charge is -2.35. The molecule has 1 saturated heterocycles. The first-order valence-corrected chi connectivity index (χ1v) is 7.73. The van der Waals surface area contributed by atoms with Crippen molar-refractivity contribution in [1.29, 1.82) is 0 Å². The summed E-state index contributed by atoms with van der Waals surface area (Å²) < 4.78 is 0. The zero-order valence-electron chi connectivity index (χ0n) is 11.8. The molecule has 0 bridgehead atoms. The van der Waals surface area contributed by atoms with Gasteiger partial charge in [0.25, 0.3) is 0 Å². The average molecular weight is 267 g/mol. The maximum atomic E-state index is 4.37. The number of nitrogens with zero attached hydrogens (tertiary/aromatic N) is 2. The fourth-order valence-corrected chi connectivity index (χ4v) is 3.68. The molecule has 104 valence electrons. The molecular weight excluding hydrogens is 246 g/mol. The third-order valence-corrected chi connectivity index (χ3v) is 4.77. The normalized spacial score (nSPS) is 19.5. The van der Waals surface area contributed by atoms with Gasteiger partial charge in [-0.3, -0.25) is 4.98 Å². The van der Waals surface area contributed by atoms with Gasteiger partial charge in [-0.2, -0.15) is 0 Å². The molecule has 3 heteroatoms. The smallest absolute Gasteiger partial charge is 0.0450 e. The van der Waals surface area contributed by atoms with Crippen LogP contribution in [0.3, 0.4) is 0 Å². The molecule has 2 aliphatic rings. The van der Waals surface area contributed by atoms with Crippen LogP contribution in [-0.4, -0.2) is 31.2 Å². The van der Waals surface area contributed by atoms with Crippen LogP contribution in [0.25, 0.3) is 10.8 Å². The monoisotopic (exact) mass is 267 g/mol. The molecule has 0 saturated carbocycles. The molecule has 0 radical (unpaired) electrons. The Morgan fingerprint density at radius 3 is 3.00 bits per heavy atom. The summed E-state index contributed by atoms with van der Waals surface area (Å²) in [6, 6.07) is 6.64. The van der Waals surface area contributed by atoms with Crippen LogP contribution in [0, 0.1) is 5.92 Å². The SMILES string of the molecule is c1cc2c3c(cncc3c1)CCN2CC1CCNCC1. The first-order chi connectivity index (χ1) is 9.92. The Bertz CT molecular complexity index is 611. The van der Waals surface area contributed by atoms with Crippen LogP contribution in [0.15, 0.2) is 30.6 Å². The van der Waals surface area contributed by atoms with E-state index in [4.69, 9.17) is 0 Å². The number of rotatable bonds is 2. The number of aromatic nitrogens is 1. The highest BCUT2D eigenvalue weighted by molar-refractivity contribution is 5.97. The summed E-state index contributed by atoms with van der Waals surface area (Å²) >= 11 is 0. The van der Waals surface area contributed by atoms with Gasteiger partial charge in [-0.25, -0.2) is 0 Å². The zero-order valence-corrected chi connectivity index (χ0v) is 11.8. The molecule has 1 aromatic heterocycles. The second kappa shape index (κ2) is 5.06. The van der Waals surface area contributed by atoms with E-state index in [1.165, 1.54) is 54.5 Å². The molecule has 3 heterocycles. The highest BCUT2D eigenvalue weighted by Gasteiger charge is 2.22. The topological polar surface area (TPSA) is 28.2 Å². The predicted octanol–water partition coefficient (Wildman–Crippen LogP) is 2.60. The van der Waals surface area contributed by atoms with Crippen molar-refractivity contribution in [3.8, 4) is 0 Å². The van der Waals surface area contributed by atoms with E-state index in [1.807, 2.05) is 12.4 Å². The Balaban J connectivity index is 1.68. The van der Waals surface area contributed by atoms with Crippen LogP contribution in [0.1, 0.15) is 18.4 Å². The second-order valence-corrected chi connectivity index (χ2v) is 6.06. The molecule has 1 N–H and O–H groups in total. The highest BCUT2D eigenvalue weighted by atomic mass is 15.1. The first-order valence-electron chi connectivity index (χ1n) is 7.73. The van der Waals surface area contributed by atoms with Gasteiger partial charge in [0.2, 0.25) is 0 Å². The molecule has 3 nitrogen and oxygen atoms in total. The minimum Gasteiger partial charge on any atom is -0.370 e. The van der Waals surface area contributed by atoms with Crippen molar-refractivity contribution < 1.29 is 0 Å². The number of hydrogen-bond donors (Lipinski definition) is 1. The molecule has 20 heavy (non-hydrogen) atoms. The Kier molecular flexibility index (Phi) is 3.07. The van der Waals surface area contributed by atoms with Crippen molar-refractivity contribution in [3.05, 3.63) is 36.2 Å². The molecular formula is C17H21N3. The van der Waals surface area contributed by atoms with Gasteiger partial charge in [0.1, 0.15) is 0 Å². The molecule has 2 aliphatic heterocycles. The first kappa shape index (κ1) is 12.2. The van der Waals surface area contributed by atoms with Gasteiger partial charge in [-0.05, 0) is 49.9 Å². The molecule has 1 fully saturated rings. The number of anilines is 1. The fourth-order valence-electron chi connectivity index (χ4n) is 3.68. The minimum atomic E-state index is 0.842. The molecule has 0 unspecified atom stereocenters. The average Bonchev–Trinajstić information content (AvgIpc) is 2.51. The number of pyridine rings is 1. The summed E-state index contributed by atoms with van der Waals surface area (Å²) in [5, 5.41) is 6.18. The van der Waals surface area contributed by atoms with Gasteiger partial charge in [-0.1, -0.05) is 12.1 Å². The van der Waals surface area contributed by atoms with E-state index in [-0.39, 0.29) is 0 Å². The third kappa shape index (κ3) is 2.06. The van der Waals surface area contributed by atoms with E-state index in [9.17, 15) is 0 Å². The summed E-state index contributed by atoms with van der Waals surface area (Å²) in [6.07, 6.45) is 7.81. The van der Waals surface area contributed by atoms with Gasteiger partial charge < -0.3 is 10.2 Å². The van der Waals surface area contributed by atoms with Gasteiger partial charge >= 0.3 is 0 Å². The lowest BCUT2D eigenvalue weighted by Crippen LogP contribution is -2.38. The van der Waals surface area contributed by atoms with Crippen molar-refractivity contribution >= 4 is 16.5 Å². The van der Waals surface area contributed by atoms with E-state index in [1.54, 1.807) is 0 Å². The molecule has 2 aromatic rings. The molecule has 0 atom stereocenters. The van der Waals surface area contributed by atoms with Crippen LogP contribution in [0.5, 0.6) is 0 Å². The summed E-state index contributed by atoms with van der Waals surface area (Å²) in [6.45, 7) is 4.72. The quantitative estimate of drug-likeness (QED) is 0.906. The third-order valence-electron chi connectivity index (χ3n) is 4.77. The summed E-state index contributed by atoms with van der Waals surface area (Å²) in [4.78, 5) is 6.98. The van der Waals surface area contributed by atoms with E-state index in [0.717, 1.165) is 18.9 Å². The summed E-state index contributed by atoms with van der Waals surface area (Å²) in [5.74, 6) is 0.842. The lowest BCUT2D eigenvalue weighted by atomic mass is 9.94. The molecule has 0 spiro atoms. The second-order valence-electron chi connectivity index (χ2n) is 6.06. The van der Waals surface area contributed by atoms with Crippen LogP contribution in [0.2, 0.25) is 0 Å². The Hall–Kier alpha value is -1.61. The van der Waals surface area contributed by atoms with Crippen LogP contribution in [-0.2, 0) is 6.42 Å². The Morgan fingerprint density at radius 1 is 1.20 bits per heavy atom. The Labute approximate surface area is 120 Å². The lowest BCUT2D eigenvalue weighted by molar-refractivity contribution is 0.373. The maximum Gasteiger partial charge on any atom is 0.0450 e. The van der Waals surface area contributed by atoms with E-state index < -0.39 is 0 Å². The van der Waals surface area contributed by atoms with Gasteiger partial charge in [0.05, 0.1) is 0 Å². The van der Waals surface area contributed by atoms with Crippen molar-refractivity contribution in [2.45, 2.75) is 19.3 Å². The van der Waals surface area contributed by atoms with Gasteiger partial charge in [0.15, 0.2) is 0 Å². The fraction of sp³-hybridized carbons (Fsp3) is 0.471. The number of benzene rings is 1. The van der Waals surface area contributed by atoms with Crippen molar-refractivity contribution in [2.75, 3.05) is 31.1 Å². The maximum absolute atomic E-state index is 4.37. The van der Waals surface area contributed by atoms with E-state index in [0.29, 0.717) is 0 Å². The zero-order chi connectivity index (χ0) is 13.4. The van der Waals surface area contributed by atoms with Crippen molar-refractivity contribution in [2.24, 2.45) is 5.92 Å². The molecule has 4 rings (SSSR count). The van der Waals surface area contributed by atoms with Crippen LogP contribution >= 0.6 is 0 Å².